The van der Waals surface area contributed by atoms with Crippen molar-refractivity contribution in [3.8, 4) is 11.5 Å². The van der Waals surface area contributed by atoms with Crippen molar-refractivity contribution in [1.29, 1.82) is 0 Å². The van der Waals surface area contributed by atoms with Crippen LogP contribution in [0.2, 0.25) is 0 Å². The number of hydrogen-bond acceptors (Lipinski definition) is 8. The van der Waals surface area contributed by atoms with E-state index in [0.29, 0.717) is 61.6 Å². The average Bonchev–Trinajstić information content (AvgIpc) is 3.59. The lowest BCUT2D eigenvalue weighted by molar-refractivity contribution is -0.136. The lowest BCUT2D eigenvalue weighted by Gasteiger charge is -2.39. The monoisotopic (exact) mass is 553 g/mol. The molecule has 3 amide bonds. The molecule has 0 unspecified atom stereocenters. The van der Waals surface area contributed by atoms with Gasteiger partial charge in [0, 0.05) is 51.4 Å². The number of aromatic nitrogens is 1. The number of rotatable bonds is 5. The van der Waals surface area contributed by atoms with Gasteiger partial charge in [-0.1, -0.05) is 18.2 Å². The van der Waals surface area contributed by atoms with Crippen LogP contribution in [0.15, 0.2) is 60.8 Å². The van der Waals surface area contributed by atoms with Gasteiger partial charge in [-0.05, 0) is 54.8 Å². The molecule has 5 heterocycles. The molecule has 0 radical (unpaired) electrons. The van der Waals surface area contributed by atoms with E-state index in [-0.39, 0.29) is 37.0 Å². The minimum atomic E-state index is -0.292. The molecule has 1 aromatic heterocycles. The van der Waals surface area contributed by atoms with Gasteiger partial charge in [-0.3, -0.25) is 19.3 Å². The highest BCUT2D eigenvalue weighted by molar-refractivity contribution is 6.23. The SMILES string of the molecule is O=C(C1CCN(c2cccc3c2C(=O)N(Cc2ccc4c(c2)OCO4)C3=O)CC1)N1CCN(c2ccccn2)CC1. The molecule has 10 heteroatoms. The fourth-order valence-electron chi connectivity index (χ4n) is 6.27. The van der Waals surface area contributed by atoms with Crippen LogP contribution in [0.1, 0.15) is 39.1 Å². The average molecular weight is 554 g/mol. The van der Waals surface area contributed by atoms with Crippen LogP contribution in [-0.2, 0) is 11.3 Å². The number of nitrogens with zero attached hydrogens (tertiary/aromatic N) is 5. The summed E-state index contributed by atoms with van der Waals surface area (Å²) in [7, 11) is 0. The maximum Gasteiger partial charge on any atom is 0.263 e. The van der Waals surface area contributed by atoms with E-state index in [0.717, 1.165) is 30.2 Å². The maximum atomic E-state index is 13.6. The number of anilines is 2. The van der Waals surface area contributed by atoms with Crippen LogP contribution in [0, 0.1) is 5.92 Å². The molecule has 0 bridgehead atoms. The third kappa shape index (κ3) is 4.63. The quantitative estimate of drug-likeness (QED) is 0.445. The standard InChI is InChI=1S/C31H31N5O5/c37-29(35-16-14-34(15-17-35)27-6-1-2-11-32-27)22-9-12-33(13-10-22)24-5-3-4-23-28(24)31(39)36(30(23)38)19-21-7-8-25-26(18-21)41-20-40-25/h1-8,11,18,22H,9-10,12-17,19-20H2. The van der Waals surface area contributed by atoms with Gasteiger partial charge in [-0.15, -0.1) is 0 Å². The van der Waals surface area contributed by atoms with Crippen molar-refractivity contribution in [3.05, 3.63) is 77.5 Å². The molecule has 2 aromatic carbocycles. The van der Waals surface area contributed by atoms with E-state index >= 15 is 0 Å². The van der Waals surface area contributed by atoms with E-state index in [9.17, 15) is 14.4 Å². The van der Waals surface area contributed by atoms with Gasteiger partial charge >= 0.3 is 0 Å². The number of fused-ring (bicyclic) bond motifs is 2. The Morgan fingerprint density at radius 2 is 1.63 bits per heavy atom. The Hall–Kier alpha value is -4.60. The molecular weight excluding hydrogens is 522 g/mol. The Morgan fingerprint density at radius 1 is 0.829 bits per heavy atom. The van der Waals surface area contributed by atoms with Crippen molar-refractivity contribution in [2.24, 2.45) is 5.92 Å². The van der Waals surface area contributed by atoms with Gasteiger partial charge in [-0.25, -0.2) is 4.98 Å². The van der Waals surface area contributed by atoms with Gasteiger partial charge in [0.15, 0.2) is 11.5 Å². The molecule has 0 N–H and O–H groups in total. The maximum absolute atomic E-state index is 13.6. The Balaban J connectivity index is 0.993. The highest BCUT2D eigenvalue weighted by Gasteiger charge is 2.39. The zero-order valence-corrected chi connectivity index (χ0v) is 22.7. The topological polar surface area (TPSA) is 95.5 Å². The highest BCUT2D eigenvalue weighted by atomic mass is 16.7. The van der Waals surface area contributed by atoms with Gasteiger partial charge in [-0.2, -0.15) is 0 Å². The van der Waals surface area contributed by atoms with Crippen LogP contribution in [0.3, 0.4) is 0 Å². The van der Waals surface area contributed by atoms with Gasteiger partial charge in [0.05, 0.1) is 23.4 Å². The summed E-state index contributed by atoms with van der Waals surface area (Å²) in [6.07, 6.45) is 3.22. The first kappa shape index (κ1) is 25.4. The van der Waals surface area contributed by atoms with Gasteiger partial charge in [0.1, 0.15) is 5.82 Å². The molecule has 7 rings (SSSR count). The van der Waals surface area contributed by atoms with Crippen LogP contribution in [0.4, 0.5) is 11.5 Å². The molecule has 0 aliphatic carbocycles. The zero-order valence-electron chi connectivity index (χ0n) is 22.7. The van der Waals surface area contributed by atoms with E-state index in [1.54, 1.807) is 18.3 Å². The number of piperazine rings is 1. The fourth-order valence-corrected chi connectivity index (χ4v) is 6.27. The predicted molar refractivity (Wildman–Crippen MR) is 151 cm³/mol. The molecule has 210 valence electrons. The number of amides is 3. The Labute approximate surface area is 238 Å². The van der Waals surface area contributed by atoms with Crippen LogP contribution in [0.5, 0.6) is 11.5 Å². The van der Waals surface area contributed by atoms with E-state index in [2.05, 4.69) is 14.8 Å². The van der Waals surface area contributed by atoms with Gasteiger partial charge < -0.3 is 24.2 Å². The minimum absolute atomic E-state index is 0.0377. The van der Waals surface area contributed by atoms with Gasteiger partial charge in [0.25, 0.3) is 11.8 Å². The Morgan fingerprint density at radius 3 is 2.41 bits per heavy atom. The number of benzene rings is 2. The van der Waals surface area contributed by atoms with Crippen molar-refractivity contribution in [2.45, 2.75) is 19.4 Å². The number of hydrogen-bond donors (Lipinski definition) is 0. The number of ether oxygens (including phenoxy) is 2. The summed E-state index contributed by atoms with van der Waals surface area (Å²) in [5, 5.41) is 0. The third-order valence-electron chi connectivity index (χ3n) is 8.50. The number of imide groups is 1. The number of carbonyl (C=O) groups excluding carboxylic acids is 3. The molecule has 0 saturated carbocycles. The number of carbonyl (C=O) groups is 3. The first-order valence-corrected chi connectivity index (χ1v) is 14.1. The zero-order chi connectivity index (χ0) is 27.9. The van der Waals surface area contributed by atoms with Crippen molar-refractivity contribution in [3.63, 3.8) is 0 Å². The first-order chi connectivity index (χ1) is 20.1. The molecule has 2 fully saturated rings. The molecule has 41 heavy (non-hydrogen) atoms. The Kier molecular flexibility index (Phi) is 6.45. The molecule has 4 aliphatic rings. The molecule has 4 aliphatic heterocycles. The molecule has 0 spiro atoms. The smallest absolute Gasteiger partial charge is 0.263 e. The second-order valence-electron chi connectivity index (χ2n) is 10.8. The van der Waals surface area contributed by atoms with Crippen LogP contribution in [-0.4, -0.2) is 78.6 Å². The summed E-state index contributed by atoms with van der Waals surface area (Å²) in [5.74, 6) is 1.82. The van der Waals surface area contributed by atoms with Crippen molar-refractivity contribution in [1.82, 2.24) is 14.8 Å². The van der Waals surface area contributed by atoms with E-state index in [1.807, 2.05) is 47.4 Å². The van der Waals surface area contributed by atoms with Crippen molar-refractivity contribution >= 4 is 29.2 Å². The second-order valence-corrected chi connectivity index (χ2v) is 10.8. The summed E-state index contributed by atoms with van der Waals surface area (Å²) in [6, 6.07) is 16.8. The minimum Gasteiger partial charge on any atom is -0.454 e. The highest BCUT2D eigenvalue weighted by Crippen LogP contribution is 2.37. The van der Waals surface area contributed by atoms with E-state index in [1.165, 1.54) is 4.90 Å². The normalized spacial score (nSPS) is 18.7. The lowest BCUT2D eigenvalue weighted by Crippen LogP contribution is -2.52. The lowest BCUT2D eigenvalue weighted by atomic mass is 9.93. The number of pyridine rings is 1. The van der Waals surface area contributed by atoms with Crippen LogP contribution < -0.4 is 19.3 Å². The van der Waals surface area contributed by atoms with E-state index in [4.69, 9.17) is 9.47 Å². The third-order valence-corrected chi connectivity index (χ3v) is 8.50. The number of piperidine rings is 1. The molecule has 2 saturated heterocycles. The van der Waals surface area contributed by atoms with Crippen molar-refractivity contribution in [2.75, 3.05) is 55.9 Å². The van der Waals surface area contributed by atoms with Gasteiger partial charge in [0.2, 0.25) is 12.7 Å². The summed E-state index contributed by atoms with van der Waals surface area (Å²) >= 11 is 0. The van der Waals surface area contributed by atoms with Crippen molar-refractivity contribution < 1.29 is 23.9 Å². The second kappa shape index (κ2) is 10.4. The summed E-state index contributed by atoms with van der Waals surface area (Å²) < 4.78 is 10.8. The molecule has 0 atom stereocenters. The summed E-state index contributed by atoms with van der Waals surface area (Å²) in [5.41, 5.74) is 2.44. The van der Waals surface area contributed by atoms with E-state index < -0.39 is 0 Å². The molecule has 10 nitrogen and oxygen atoms in total. The summed E-state index contributed by atoms with van der Waals surface area (Å²) in [6.45, 7) is 4.57. The van der Waals surface area contributed by atoms with Crippen LogP contribution in [0.25, 0.3) is 0 Å². The summed E-state index contributed by atoms with van der Waals surface area (Å²) in [4.78, 5) is 52.3. The largest absolute Gasteiger partial charge is 0.454 e. The van der Waals surface area contributed by atoms with Crippen LogP contribution >= 0.6 is 0 Å². The Bertz CT molecular complexity index is 1500. The molecule has 3 aromatic rings. The predicted octanol–water partition coefficient (Wildman–Crippen LogP) is 3.17. The first-order valence-electron chi connectivity index (χ1n) is 14.1. The molecular formula is C31H31N5O5. The fraction of sp³-hybridized carbons (Fsp3) is 0.355.